The summed E-state index contributed by atoms with van der Waals surface area (Å²) in [5, 5.41) is 9.32. The zero-order chi connectivity index (χ0) is 20.8. The number of nitrogens with zero attached hydrogens (tertiary/aromatic N) is 3. The molecule has 0 radical (unpaired) electrons. The van der Waals surface area contributed by atoms with Crippen molar-refractivity contribution in [1.82, 2.24) is 14.8 Å². The lowest BCUT2D eigenvalue weighted by Gasteiger charge is -2.17. The molecule has 1 atom stereocenters. The molecule has 0 unspecified atom stereocenters. The molecule has 0 saturated carbocycles. The van der Waals surface area contributed by atoms with Gasteiger partial charge < -0.3 is 9.47 Å². The van der Waals surface area contributed by atoms with Crippen molar-refractivity contribution >= 4 is 23.4 Å². The Labute approximate surface area is 177 Å². The third-order valence-corrected chi connectivity index (χ3v) is 5.51. The van der Waals surface area contributed by atoms with E-state index in [0.717, 1.165) is 0 Å². The molecule has 154 valence electrons. The molecule has 0 amide bonds. The summed E-state index contributed by atoms with van der Waals surface area (Å²) in [7, 11) is 1.60. The van der Waals surface area contributed by atoms with Crippen molar-refractivity contribution in [1.29, 1.82) is 0 Å². The minimum absolute atomic E-state index is 0.0308. The summed E-state index contributed by atoms with van der Waals surface area (Å²) in [4.78, 5) is 0. The SMILES string of the molecule is COC[C@@H](C)n1c(COc2ccccc2F)nnc1SCc1c(F)cccc1Cl. The number of methoxy groups -OCH3 is 1. The van der Waals surface area contributed by atoms with Gasteiger partial charge in [0, 0.05) is 23.4 Å². The summed E-state index contributed by atoms with van der Waals surface area (Å²) in [5.74, 6) is 0.113. The first-order chi connectivity index (χ1) is 14.0. The fourth-order valence-corrected chi connectivity index (χ4v) is 4.17. The number of aromatic nitrogens is 3. The molecule has 3 aromatic rings. The molecule has 0 aliphatic rings. The Morgan fingerprint density at radius 3 is 2.59 bits per heavy atom. The quantitative estimate of drug-likeness (QED) is 0.424. The van der Waals surface area contributed by atoms with Gasteiger partial charge in [0.05, 0.1) is 12.6 Å². The summed E-state index contributed by atoms with van der Waals surface area (Å²) in [6.45, 7) is 2.39. The number of thioether (sulfide) groups is 1. The topological polar surface area (TPSA) is 49.2 Å². The van der Waals surface area contributed by atoms with Crippen molar-refractivity contribution < 1.29 is 18.3 Å². The molecule has 2 aromatic carbocycles. The maximum Gasteiger partial charge on any atom is 0.191 e. The minimum Gasteiger partial charge on any atom is -0.483 e. The first kappa shape index (κ1) is 21.5. The van der Waals surface area contributed by atoms with E-state index in [1.165, 1.54) is 23.9 Å². The monoisotopic (exact) mass is 439 g/mol. The van der Waals surface area contributed by atoms with Gasteiger partial charge in [-0.05, 0) is 31.2 Å². The minimum atomic E-state index is -0.452. The van der Waals surface area contributed by atoms with Gasteiger partial charge in [-0.2, -0.15) is 0 Å². The van der Waals surface area contributed by atoms with Gasteiger partial charge in [-0.15, -0.1) is 10.2 Å². The molecule has 9 heteroatoms. The van der Waals surface area contributed by atoms with Crippen LogP contribution in [0.3, 0.4) is 0 Å². The number of hydrogen-bond acceptors (Lipinski definition) is 5. The second kappa shape index (κ2) is 10.0. The van der Waals surface area contributed by atoms with E-state index in [4.69, 9.17) is 21.1 Å². The smallest absolute Gasteiger partial charge is 0.191 e. The number of para-hydroxylation sites is 1. The van der Waals surface area contributed by atoms with Gasteiger partial charge in [-0.25, -0.2) is 8.78 Å². The highest BCUT2D eigenvalue weighted by Gasteiger charge is 2.20. The molecular formula is C20H20ClF2N3O2S. The van der Waals surface area contributed by atoms with Crippen molar-refractivity contribution in [3.05, 3.63) is 70.5 Å². The molecule has 0 aliphatic carbocycles. The average molecular weight is 440 g/mol. The Bertz CT molecular complexity index is 950. The van der Waals surface area contributed by atoms with Crippen LogP contribution in [-0.2, 0) is 17.1 Å². The van der Waals surface area contributed by atoms with E-state index in [1.54, 1.807) is 37.4 Å². The molecule has 1 aromatic heterocycles. The van der Waals surface area contributed by atoms with E-state index >= 15 is 0 Å². The highest BCUT2D eigenvalue weighted by molar-refractivity contribution is 7.98. The van der Waals surface area contributed by atoms with E-state index in [9.17, 15) is 8.78 Å². The second-order valence-electron chi connectivity index (χ2n) is 6.28. The van der Waals surface area contributed by atoms with Crippen LogP contribution in [-0.4, -0.2) is 28.5 Å². The highest BCUT2D eigenvalue weighted by atomic mass is 35.5. The van der Waals surface area contributed by atoms with Crippen LogP contribution in [0, 0.1) is 11.6 Å². The van der Waals surface area contributed by atoms with Gasteiger partial charge in [0.2, 0.25) is 0 Å². The largest absolute Gasteiger partial charge is 0.483 e. The predicted molar refractivity (Wildman–Crippen MR) is 108 cm³/mol. The molecule has 0 spiro atoms. The van der Waals surface area contributed by atoms with Crippen LogP contribution in [0.2, 0.25) is 5.02 Å². The van der Waals surface area contributed by atoms with Crippen LogP contribution < -0.4 is 4.74 Å². The van der Waals surface area contributed by atoms with Crippen LogP contribution in [0.15, 0.2) is 47.6 Å². The number of benzene rings is 2. The molecule has 1 heterocycles. The average Bonchev–Trinajstić information content (AvgIpc) is 3.10. The standard InChI is InChI=1S/C20H20ClF2N3O2S/c1-13(10-27-2)26-19(11-28-18-9-4-3-7-17(18)23)24-25-20(26)29-12-14-15(21)6-5-8-16(14)22/h3-9,13H,10-12H2,1-2H3/t13-/m1/s1. The molecule has 0 N–H and O–H groups in total. The normalized spacial score (nSPS) is 12.2. The lowest BCUT2D eigenvalue weighted by atomic mass is 10.2. The highest BCUT2D eigenvalue weighted by Crippen LogP contribution is 2.30. The van der Waals surface area contributed by atoms with Gasteiger partial charge in [0.1, 0.15) is 12.4 Å². The summed E-state index contributed by atoms with van der Waals surface area (Å²) in [6.07, 6.45) is 0. The Morgan fingerprint density at radius 2 is 1.86 bits per heavy atom. The molecule has 3 rings (SSSR count). The molecular weight excluding hydrogens is 420 g/mol. The van der Waals surface area contributed by atoms with Crippen molar-refractivity contribution in [2.75, 3.05) is 13.7 Å². The van der Waals surface area contributed by atoms with Gasteiger partial charge in [-0.3, -0.25) is 4.57 Å². The first-order valence-corrected chi connectivity index (χ1v) is 10.2. The summed E-state index contributed by atoms with van der Waals surface area (Å²) < 4.78 is 40.6. The molecule has 29 heavy (non-hydrogen) atoms. The first-order valence-electron chi connectivity index (χ1n) is 8.87. The fourth-order valence-electron chi connectivity index (χ4n) is 2.77. The van der Waals surface area contributed by atoms with Crippen LogP contribution in [0.4, 0.5) is 8.78 Å². The van der Waals surface area contributed by atoms with E-state index in [0.29, 0.717) is 28.2 Å². The molecule has 0 fully saturated rings. The van der Waals surface area contributed by atoms with E-state index < -0.39 is 5.82 Å². The van der Waals surface area contributed by atoms with Crippen molar-refractivity contribution in [2.45, 2.75) is 30.5 Å². The van der Waals surface area contributed by atoms with Gasteiger partial charge in [-0.1, -0.05) is 41.6 Å². The zero-order valence-electron chi connectivity index (χ0n) is 15.9. The second-order valence-corrected chi connectivity index (χ2v) is 7.63. The molecule has 0 bridgehead atoms. The summed E-state index contributed by atoms with van der Waals surface area (Å²) in [5.41, 5.74) is 0.400. The number of halogens is 3. The summed E-state index contributed by atoms with van der Waals surface area (Å²) >= 11 is 7.42. The van der Waals surface area contributed by atoms with Crippen LogP contribution in [0.25, 0.3) is 0 Å². The Kier molecular flexibility index (Phi) is 7.46. The van der Waals surface area contributed by atoms with Crippen LogP contribution in [0.1, 0.15) is 24.4 Å². The maximum absolute atomic E-state index is 14.1. The van der Waals surface area contributed by atoms with Crippen LogP contribution in [0.5, 0.6) is 5.75 Å². The molecule has 5 nitrogen and oxygen atoms in total. The molecule has 0 aliphatic heterocycles. The van der Waals surface area contributed by atoms with Crippen LogP contribution >= 0.6 is 23.4 Å². The Balaban J connectivity index is 1.81. The Hall–Kier alpha value is -2.16. The van der Waals surface area contributed by atoms with Crippen molar-refractivity contribution in [3.63, 3.8) is 0 Å². The van der Waals surface area contributed by atoms with Gasteiger partial charge >= 0.3 is 0 Å². The lowest BCUT2D eigenvalue weighted by molar-refractivity contribution is 0.154. The van der Waals surface area contributed by atoms with Gasteiger partial charge in [0.25, 0.3) is 0 Å². The fraction of sp³-hybridized carbons (Fsp3) is 0.300. The summed E-state index contributed by atoms with van der Waals surface area (Å²) in [6, 6.07) is 10.6. The number of rotatable bonds is 9. The number of ether oxygens (including phenoxy) is 2. The van der Waals surface area contributed by atoms with E-state index in [1.807, 2.05) is 11.5 Å². The Morgan fingerprint density at radius 1 is 1.10 bits per heavy atom. The third kappa shape index (κ3) is 5.26. The van der Waals surface area contributed by atoms with Gasteiger partial charge in [0.15, 0.2) is 22.5 Å². The third-order valence-electron chi connectivity index (χ3n) is 4.18. The predicted octanol–water partition coefficient (Wildman–Crippen LogP) is 5.29. The zero-order valence-corrected chi connectivity index (χ0v) is 17.5. The number of hydrogen-bond donors (Lipinski definition) is 0. The van der Waals surface area contributed by atoms with Crippen molar-refractivity contribution in [2.24, 2.45) is 0 Å². The maximum atomic E-state index is 14.1. The molecule has 0 saturated heterocycles. The lowest BCUT2D eigenvalue weighted by Crippen LogP contribution is -2.16. The van der Waals surface area contributed by atoms with Crippen molar-refractivity contribution in [3.8, 4) is 5.75 Å². The van der Waals surface area contributed by atoms with E-state index in [2.05, 4.69) is 10.2 Å². The van der Waals surface area contributed by atoms with E-state index in [-0.39, 0.29) is 30.0 Å².